The molecule has 2 unspecified atom stereocenters. The van der Waals surface area contributed by atoms with Crippen molar-refractivity contribution in [2.75, 3.05) is 17.7 Å². The van der Waals surface area contributed by atoms with E-state index in [1.807, 2.05) is 24.3 Å². The van der Waals surface area contributed by atoms with Gasteiger partial charge in [0.1, 0.15) is 12.0 Å². The van der Waals surface area contributed by atoms with Crippen molar-refractivity contribution >= 4 is 29.0 Å². The molecule has 27 heavy (non-hydrogen) atoms. The van der Waals surface area contributed by atoms with Crippen LogP contribution < -0.4 is 10.5 Å². The molecule has 2 aliphatic heterocycles. The number of nitrogens with one attached hydrogen (secondary N) is 1. The fourth-order valence-corrected chi connectivity index (χ4v) is 3.33. The number of hydroxylamine groups is 1. The van der Waals surface area contributed by atoms with Gasteiger partial charge in [-0.05, 0) is 39.8 Å². The van der Waals surface area contributed by atoms with Gasteiger partial charge >= 0.3 is 11.9 Å². The summed E-state index contributed by atoms with van der Waals surface area (Å²) in [4.78, 5) is 35.5. The summed E-state index contributed by atoms with van der Waals surface area (Å²) in [6.07, 6.45) is -0.313. The fourth-order valence-electron chi connectivity index (χ4n) is 3.33. The molecule has 3 rings (SSSR count). The molecule has 1 N–H and O–H groups in total. The molecular formula is C19H23N3O5. The van der Waals surface area contributed by atoms with Gasteiger partial charge in [-0.1, -0.05) is 12.1 Å². The predicted octanol–water partition coefficient (Wildman–Crippen LogP) is 2.62. The van der Waals surface area contributed by atoms with E-state index in [0.29, 0.717) is 17.1 Å². The first-order valence-electron chi connectivity index (χ1n) is 8.71. The summed E-state index contributed by atoms with van der Waals surface area (Å²) in [5.41, 5.74) is 5.54. The Balaban J connectivity index is 2.12. The summed E-state index contributed by atoms with van der Waals surface area (Å²) in [5, 5.41) is 1.51. The van der Waals surface area contributed by atoms with Crippen molar-refractivity contribution in [3.63, 3.8) is 0 Å². The molecule has 8 nitrogen and oxygen atoms in total. The van der Waals surface area contributed by atoms with E-state index < -0.39 is 23.9 Å². The number of para-hydroxylation sites is 2. The Labute approximate surface area is 157 Å². The molecule has 1 aromatic rings. The summed E-state index contributed by atoms with van der Waals surface area (Å²) < 4.78 is 10.4. The number of esters is 2. The van der Waals surface area contributed by atoms with E-state index in [1.165, 1.54) is 12.2 Å². The number of allylic oxidation sites excluding steroid dienone is 1. The lowest BCUT2D eigenvalue weighted by atomic mass is 9.85. The van der Waals surface area contributed by atoms with Gasteiger partial charge in [-0.2, -0.15) is 4.94 Å². The molecule has 0 aromatic heterocycles. The zero-order valence-corrected chi connectivity index (χ0v) is 16.0. The van der Waals surface area contributed by atoms with Crippen LogP contribution >= 0.6 is 0 Å². The van der Waals surface area contributed by atoms with Gasteiger partial charge in [-0.3, -0.25) is 9.79 Å². The number of methoxy groups -OCH3 is 1. The summed E-state index contributed by atoms with van der Waals surface area (Å²) in [5.74, 6) is -1.86. The first-order chi connectivity index (χ1) is 12.8. The van der Waals surface area contributed by atoms with E-state index in [4.69, 9.17) is 14.4 Å². The molecule has 0 aliphatic carbocycles. The van der Waals surface area contributed by atoms with Crippen LogP contribution in [0.25, 0.3) is 0 Å². The number of benzene rings is 1. The molecule has 2 aliphatic rings. The Bertz CT molecular complexity index is 830. The van der Waals surface area contributed by atoms with Crippen LogP contribution in [-0.4, -0.2) is 36.9 Å². The van der Waals surface area contributed by atoms with Gasteiger partial charge in [0.15, 0.2) is 0 Å². The highest BCUT2D eigenvalue weighted by atomic mass is 16.8. The van der Waals surface area contributed by atoms with Crippen molar-refractivity contribution in [3.8, 4) is 0 Å². The summed E-state index contributed by atoms with van der Waals surface area (Å²) in [7, 11) is 1.31. The maximum atomic E-state index is 12.9. The summed E-state index contributed by atoms with van der Waals surface area (Å²) >= 11 is 0. The third-order valence-electron chi connectivity index (χ3n) is 4.46. The van der Waals surface area contributed by atoms with Gasteiger partial charge in [0.2, 0.25) is 0 Å². The summed E-state index contributed by atoms with van der Waals surface area (Å²) in [6.45, 7) is 6.98. The molecule has 0 amide bonds. The van der Waals surface area contributed by atoms with Crippen LogP contribution in [0.5, 0.6) is 0 Å². The average Bonchev–Trinajstić information content (AvgIpc) is 3.03. The number of carbonyl (C=O) groups excluding carboxylic acids is 2. The third kappa shape index (κ3) is 3.40. The smallest absolute Gasteiger partial charge is 0.338 e. The van der Waals surface area contributed by atoms with Crippen LogP contribution in [0.15, 0.2) is 40.5 Å². The Kier molecular flexibility index (Phi) is 5.18. The molecule has 0 fully saturated rings. The van der Waals surface area contributed by atoms with Crippen LogP contribution in [0.4, 0.5) is 11.4 Å². The number of aliphatic imine (C=N–C) groups is 1. The van der Waals surface area contributed by atoms with Crippen LogP contribution in [0, 0.1) is 5.92 Å². The zero-order chi connectivity index (χ0) is 19.7. The van der Waals surface area contributed by atoms with E-state index in [0.717, 1.165) is 5.69 Å². The van der Waals surface area contributed by atoms with Gasteiger partial charge in [0, 0.05) is 11.4 Å². The number of hydrogen-bond acceptors (Lipinski definition) is 8. The number of rotatable bonds is 4. The van der Waals surface area contributed by atoms with Crippen LogP contribution in [0.3, 0.4) is 0 Å². The largest absolute Gasteiger partial charge is 0.468 e. The minimum absolute atomic E-state index is 0.267. The summed E-state index contributed by atoms with van der Waals surface area (Å²) in [6, 6.07) is 6.61. The van der Waals surface area contributed by atoms with E-state index in [9.17, 15) is 9.59 Å². The van der Waals surface area contributed by atoms with E-state index in [-0.39, 0.29) is 11.7 Å². The lowest BCUT2D eigenvalue weighted by Crippen LogP contribution is -2.51. The molecular weight excluding hydrogens is 350 g/mol. The lowest BCUT2D eigenvalue weighted by molar-refractivity contribution is -0.145. The molecule has 0 spiro atoms. The molecule has 2 atom stereocenters. The van der Waals surface area contributed by atoms with Crippen molar-refractivity contribution in [3.05, 3.63) is 35.5 Å². The molecule has 0 radical (unpaired) electrons. The molecule has 144 valence electrons. The maximum absolute atomic E-state index is 12.9. The van der Waals surface area contributed by atoms with Crippen molar-refractivity contribution in [1.82, 2.24) is 0 Å². The van der Waals surface area contributed by atoms with Crippen LogP contribution in [-0.2, 0) is 24.0 Å². The van der Waals surface area contributed by atoms with E-state index in [2.05, 4.69) is 10.5 Å². The van der Waals surface area contributed by atoms with Crippen molar-refractivity contribution < 1.29 is 24.0 Å². The Morgan fingerprint density at radius 1 is 1.26 bits per heavy atom. The monoisotopic (exact) mass is 373 g/mol. The first-order valence-corrected chi connectivity index (χ1v) is 8.71. The first kappa shape index (κ1) is 18.9. The van der Waals surface area contributed by atoms with Crippen molar-refractivity contribution in [2.24, 2.45) is 10.9 Å². The highest BCUT2D eigenvalue weighted by Crippen LogP contribution is 2.40. The second kappa shape index (κ2) is 7.40. The molecule has 1 aromatic carbocycles. The quantitative estimate of drug-likeness (QED) is 0.812. The minimum atomic E-state index is -0.818. The van der Waals surface area contributed by atoms with Gasteiger partial charge in [0.05, 0.1) is 30.2 Å². The van der Waals surface area contributed by atoms with Crippen LogP contribution in [0.1, 0.15) is 27.7 Å². The maximum Gasteiger partial charge on any atom is 0.338 e. The predicted molar refractivity (Wildman–Crippen MR) is 100.0 cm³/mol. The Hall–Kier alpha value is -2.87. The van der Waals surface area contributed by atoms with Gasteiger partial charge in [-0.15, -0.1) is 0 Å². The van der Waals surface area contributed by atoms with Gasteiger partial charge in [-0.25, -0.2) is 15.3 Å². The molecule has 0 bridgehead atoms. The second-order valence-corrected chi connectivity index (χ2v) is 6.69. The number of nitrogens with zero attached hydrogens (tertiary/aromatic N) is 2. The Morgan fingerprint density at radius 3 is 2.63 bits per heavy atom. The van der Waals surface area contributed by atoms with Crippen molar-refractivity contribution in [2.45, 2.75) is 39.8 Å². The topological polar surface area (TPSA) is 89.5 Å². The highest BCUT2D eigenvalue weighted by Gasteiger charge is 2.47. The number of hydrogen-bond donors (Lipinski definition) is 1. The third-order valence-corrected chi connectivity index (χ3v) is 4.46. The normalized spacial score (nSPS) is 21.6. The molecule has 2 heterocycles. The molecule has 8 heteroatoms. The van der Waals surface area contributed by atoms with Crippen LogP contribution in [0.2, 0.25) is 0 Å². The van der Waals surface area contributed by atoms with Gasteiger partial charge in [0.25, 0.3) is 0 Å². The van der Waals surface area contributed by atoms with Gasteiger partial charge < -0.3 is 9.47 Å². The molecule has 0 saturated heterocycles. The average molecular weight is 373 g/mol. The van der Waals surface area contributed by atoms with E-state index >= 15 is 0 Å². The zero-order valence-electron chi connectivity index (χ0n) is 16.0. The Morgan fingerprint density at radius 2 is 1.96 bits per heavy atom. The van der Waals surface area contributed by atoms with E-state index in [1.54, 1.807) is 27.7 Å². The SMILES string of the molecule is COC(=O)C1C(C)=NC(C)=C(C(=O)OC(C)C)C1N1ONc2ccccc21. The highest BCUT2D eigenvalue weighted by molar-refractivity contribution is 6.07. The number of anilines is 2. The fraction of sp³-hybridized carbons (Fsp3) is 0.421. The minimum Gasteiger partial charge on any atom is -0.468 e. The van der Waals surface area contributed by atoms with Crippen molar-refractivity contribution in [1.29, 1.82) is 0 Å². The second-order valence-electron chi connectivity index (χ2n) is 6.69. The standard InChI is InChI=1S/C19H23N3O5/c1-10(2)26-19(24)16-12(4)20-11(3)15(18(23)25-5)17(16)22-14-9-7-6-8-13(14)21-27-22/h6-10,15,17,21H,1-5H3. The molecule has 0 saturated carbocycles. The lowest BCUT2D eigenvalue weighted by Gasteiger charge is -2.36. The number of carbonyl (C=O) groups is 2. The number of fused-ring (bicyclic) bond motifs is 1. The number of ether oxygens (including phenoxy) is 2.